The van der Waals surface area contributed by atoms with E-state index in [2.05, 4.69) is 5.32 Å². The van der Waals surface area contributed by atoms with Crippen LogP contribution in [0.2, 0.25) is 0 Å². The number of carbonyl (C=O) groups excluding carboxylic acids is 2. The SMILES string of the molecule is CC.CC(C)(C)OC(=O)NCCCCC(N)C=O. The molecule has 5 nitrogen and oxygen atoms in total. The van der Waals surface area contributed by atoms with Crippen LogP contribution in [0, 0.1) is 0 Å². The van der Waals surface area contributed by atoms with Crippen LogP contribution in [0.3, 0.4) is 0 Å². The fraction of sp³-hybridized carbons (Fsp3) is 0.846. The van der Waals surface area contributed by atoms with Crippen LogP contribution in [-0.4, -0.2) is 30.6 Å². The largest absolute Gasteiger partial charge is 0.444 e. The molecular formula is C13H28N2O3. The minimum atomic E-state index is -0.468. The summed E-state index contributed by atoms with van der Waals surface area (Å²) >= 11 is 0. The molecule has 0 radical (unpaired) electrons. The molecule has 0 saturated carbocycles. The van der Waals surface area contributed by atoms with Gasteiger partial charge < -0.3 is 20.6 Å². The van der Waals surface area contributed by atoms with Crippen molar-refractivity contribution in [1.82, 2.24) is 5.32 Å². The monoisotopic (exact) mass is 260 g/mol. The van der Waals surface area contributed by atoms with Gasteiger partial charge >= 0.3 is 6.09 Å². The maximum Gasteiger partial charge on any atom is 0.407 e. The topological polar surface area (TPSA) is 81.4 Å². The highest BCUT2D eigenvalue weighted by atomic mass is 16.6. The second kappa shape index (κ2) is 11.0. The summed E-state index contributed by atoms with van der Waals surface area (Å²) < 4.78 is 5.06. The molecule has 0 aromatic carbocycles. The zero-order chi connectivity index (χ0) is 14.6. The molecule has 18 heavy (non-hydrogen) atoms. The zero-order valence-electron chi connectivity index (χ0n) is 12.3. The maximum atomic E-state index is 11.2. The highest BCUT2D eigenvalue weighted by Gasteiger charge is 2.15. The number of aldehydes is 1. The molecule has 5 heteroatoms. The van der Waals surface area contributed by atoms with E-state index in [-0.39, 0.29) is 6.04 Å². The van der Waals surface area contributed by atoms with E-state index < -0.39 is 11.7 Å². The van der Waals surface area contributed by atoms with Crippen LogP contribution < -0.4 is 11.1 Å². The van der Waals surface area contributed by atoms with Gasteiger partial charge in [-0.25, -0.2) is 4.79 Å². The predicted molar refractivity (Wildman–Crippen MR) is 73.5 cm³/mol. The van der Waals surface area contributed by atoms with Crippen LogP contribution in [0.15, 0.2) is 0 Å². The lowest BCUT2D eigenvalue weighted by Gasteiger charge is -2.19. The number of nitrogens with two attached hydrogens (primary N) is 1. The van der Waals surface area contributed by atoms with Gasteiger partial charge in [0.2, 0.25) is 0 Å². The molecule has 0 aliphatic heterocycles. The van der Waals surface area contributed by atoms with Gasteiger partial charge in [-0.1, -0.05) is 13.8 Å². The van der Waals surface area contributed by atoms with E-state index in [9.17, 15) is 9.59 Å². The zero-order valence-corrected chi connectivity index (χ0v) is 12.3. The lowest BCUT2D eigenvalue weighted by Crippen LogP contribution is -2.33. The first-order valence-electron chi connectivity index (χ1n) is 6.53. The van der Waals surface area contributed by atoms with Crippen molar-refractivity contribution in [3.63, 3.8) is 0 Å². The molecule has 108 valence electrons. The molecule has 0 saturated heterocycles. The summed E-state index contributed by atoms with van der Waals surface area (Å²) in [4.78, 5) is 21.4. The summed E-state index contributed by atoms with van der Waals surface area (Å²) in [6.07, 6.45) is 2.59. The average Bonchev–Trinajstić information content (AvgIpc) is 2.28. The Bertz CT molecular complexity index is 225. The summed E-state index contributed by atoms with van der Waals surface area (Å²) in [6.45, 7) is 9.99. The third-order valence-electron chi connectivity index (χ3n) is 1.81. The number of carbonyl (C=O) groups is 2. The van der Waals surface area contributed by atoms with E-state index in [0.717, 1.165) is 19.1 Å². The lowest BCUT2D eigenvalue weighted by molar-refractivity contribution is -0.109. The molecule has 0 rings (SSSR count). The third-order valence-corrected chi connectivity index (χ3v) is 1.81. The molecule has 0 heterocycles. The number of amides is 1. The van der Waals surface area contributed by atoms with Crippen molar-refractivity contribution in [2.45, 2.75) is 65.5 Å². The molecule has 0 fully saturated rings. The van der Waals surface area contributed by atoms with E-state index in [1.54, 1.807) is 0 Å². The number of nitrogens with one attached hydrogen (secondary N) is 1. The van der Waals surface area contributed by atoms with Crippen LogP contribution in [0.5, 0.6) is 0 Å². The van der Waals surface area contributed by atoms with Crippen molar-refractivity contribution in [2.24, 2.45) is 5.73 Å². The van der Waals surface area contributed by atoms with Crippen LogP contribution in [-0.2, 0) is 9.53 Å². The summed E-state index contributed by atoms with van der Waals surface area (Å²) in [6, 6.07) is -0.387. The Labute approximate surface area is 110 Å². The summed E-state index contributed by atoms with van der Waals surface area (Å²) in [5.74, 6) is 0. The van der Waals surface area contributed by atoms with Gasteiger partial charge in [0.25, 0.3) is 0 Å². The van der Waals surface area contributed by atoms with Crippen LogP contribution in [0.4, 0.5) is 4.79 Å². The molecule has 0 aliphatic carbocycles. The molecule has 0 aromatic rings. The van der Waals surface area contributed by atoms with Crippen LogP contribution >= 0.6 is 0 Å². The first kappa shape index (κ1) is 19.2. The first-order chi connectivity index (χ1) is 8.35. The molecule has 0 bridgehead atoms. The number of alkyl carbamates (subject to hydrolysis) is 1. The highest BCUT2D eigenvalue weighted by Crippen LogP contribution is 2.06. The Morgan fingerprint density at radius 1 is 1.33 bits per heavy atom. The predicted octanol–water partition coefficient (Wildman–Crippen LogP) is 2.23. The van der Waals surface area contributed by atoms with E-state index in [4.69, 9.17) is 10.5 Å². The normalized spacial score (nSPS) is 11.9. The minimum absolute atomic E-state index is 0.387. The van der Waals surface area contributed by atoms with Gasteiger partial charge in [0.15, 0.2) is 0 Å². The van der Waals surface area contributed by atoms with Crippen molar-refractivity contribution in [3.8, 4) is 0 Å². The van der Waals surface area contributed by atoms with Gasteiger partial charge in [-0.3, -0.25) is 0 Å². The van der Waals surface area contributed by atoms with Gasteiger partial charge in [0.05, 0.1) is 6.04 Å². The van der Waals surface area contributed by atoms with Gasteiger partial charge in [-0.15, -0.1) is 0 Å². The fourth-order valence-electron chi connectivity index (χ4n) is 1.08. The first-order valence-corrected chi connectivity index (χ1v) is 6.53. The smallest absolute Gasteiger partial charge is 0.407 e. The Hall–Kier alpha value is -1.10. The van der Waals surface area contributed by atoms with Crippen molar-refractivity contribution in [1.29, 1.82) is 0 Å². The number of ether oxygens (including phenoxy) is 1. The number of rotatable bonds is 6. The van der Waals surface area contributed by atoms with Crippen LogP contribution in [0.25, 0.3) is 0 Å². The second-order valence-electron chi connectivity index (χ2n) is 4.72. The van der Waals surface area contributed by atoms with Gasteiger partial charge in [-0.05, 0) is 40.0 Å². The molecule has 1 atom stereocenters. The maximum absolute atomic E-state index is 11.2. The Morgan fingerprint density at radius 2 is 1.89 bits per heavy atom. The highest BCUT2D eigenvalue weighted by molar-refractivity contribution is 5.67. The molecule has 3 N–H and O–H groups in total. The number of unbranched alkanes of at least 4 members (excludes halogenated alkanes) is 1. The molecule has 1 unspecified atom stereocenters. The Morgan fingerprint density at radius 3 is 2.33 bits per heavy atom. The van der Waals surface area contributed by atoms with Gasteiger partial charge in [-0.2, -0.15) is 0 Å². The van der Waals surface area contributed by atoms with E-state index in [1.165, 1.54) is 0 Å². The van der Waals surface area contributed by atoms with E-state index >= 15 is 0 Å². The van der Waals surface area contributed by atoms with E-state index in [0.29, 0.717) is 13.0 Å². The number of hydrogen-bond donors (Lipinski definition) is 2. The van der Waals surface area contributed by atoms with Crippen molar-refractivity contribution in [2.75, 3.05) is 6.54 Å². The molecule has 0 aromatic heterocycles. The average molecular weight is 260 g/mol. The Balaban J connectivity index is 0. The molecule has 0 aliphatic rings. The number of hydrogen-bond acceptors (Lipinski definition) is 4. The molecule has 0 spiro atoms. The lowest BCUT2D eigenvalue weighted by atomic mass is 10.1. The Kier molecular flexibility index (Phi) is 11.8. The molecule has 1 amide bonds. The quantitative estimate of drug-likeness (QED) is 0.567. The van der Waals surface area contributed by atoms with Crippen LogP contribution in [0.1, 0.15) is 53.9 Å². The molecular weight excluding hydrogens is 232 g/mol. The summed E-state index contributed by atoms with van der Waals surface area (Å²) in [7, 11) is 0. The van der Waals surface area contributed by atoms with Crippen molar-refractivity contribution < 1.29 is 14.3 Å². The van der Waals surface area contributed by atoms with Gasteiger partial charge in [0, 0.05) is 6.54 Å². The standard InChI is InChI=1S/C11H22N2O3.C2H6/c1-11(2,3)16-10(15)13-7-5-4-6-9(12)8-14;1-2/h8-9H,4-7,12H2,1-3H3,(H,13,15);1-2H3. The second-order valence-corrected chi connectivity index (χ2v) is 4.72. The van der Waals surface area contributed by atoms with Crippen molar-refractivity contribution in [3.05, 3.63) is 0 Å². The third kappa shape index (κ3) is 14.9. The summed E-state index contributed by atoms with van der Waals surface area (Å²) in [5.41, 5.74) is 4.95. The van der Waals surface area contributed by atoms with E-state index in [1.807, 2.05) is 34.6 Å². The van der Waals surface area contributed by atoms with Gasteiger partial charge in [0.1, 0.15) is 11.9 Å². The van der Waals surface area contributed by atoms with Crippen molar-refractivity contribution >= 4 is 12.4 Å². The summed E-state index contributed by atoms with van der Waals surface area (Å²) in [5, 5.41) is 2.64. The fourth-order valence-corrected chi connectivity index (χ4v) is 1.08. The minimum Gasteiger partial charge on any atom is -0.444 e.